The summed E-state index contributed by atoms with van der Waals surface area (Å²) in [7, 11) is 3.30. The van der Waals surface area contributed by atoms with Gasteiger partial charge in [0.25, 0.3) is 0 Å². The number of hydrogen-bond acceptors (Lipinski definition) is 4. The Morgan fingerprint density at radius 3 is 2.52 bits per heavy atom. The second-order valence-corrected chi connectivity index (χ2v) is 10.2. The third-order valence-corrected chi connectivity index (χ3v) is 7.82. The molecular weight excluding hydrogens is 456 g/mol. The van der Waals surface area contributed by atoms with Crippen molar-refractivity contribution in [3.63, 3.8) is 0 Å². The largest absolute Gasteiger partial charge is 0.497 e. The summed E-state index contributed by atoms with van der Waals surface area (Å²) in [5.74, 6) is 2.57. The number of carbonyl (C=O) groups is 1. The Morgan fingerprint density at radius 2 is 1.84 bits per heavy atom. The molecule has 0 atom stereocenters. The Balaban J connectivity index is 1.29. The minimum absolute atomic E-state index is 0.0214. The summed E-state index contributed by atoms with van der Waals surface area (Å²) < 4.78 is 11.5. The monoisotopic (exact) mass is 494 g/mol. The summed E-state index contributed by atoms with van der Waals surface area (Å²) in [4.78, 5) is 14.3. The smallest absolute Gasteiger partial charge is 0.246 e. The van der Waals surface area contributed by atoms with Gasteiger partial charge in [-0.05, 0) is 113 Å². The Morgan fingerprint density at radius 1 is 1.10 bits per heavy atom. The maximum atomic E-state index is 11.7. The molecule has 0 spiro atoms. The summed E-state index contributed by atoms with van der Waals surface area (Å²) in [6.07, 6.45) is 11.1. The molecular formula is C25H39BrN2O3. The number of nitrogens with one attached hydrogen (secondary N) is 1. The van der Waals surface area contributed by atoms with Crippen LogP contribution in [0.4, 0.5) is 0 Å². The van der Waals surface area contributed by atoms with Crippen LogP contribution in [0, 0.1) is 11.8 Å². The molecule has 1 aromatic carbocycles. The van der Waals surface area contributed by atoms with E-state index in [0.717, 1.165) is 36.8 Å². The molecule has 1 aliphatic carbocycles. The number of benzene rings is 1. The third kappa shape index (κ3) is 8.07. The second-order valence-electron chi connectivity index (χ2n) is 9.31. The molecule has 2 fully saturated rings. The van der Waals surface area contributed by atoms with Gasteiger partial charge in [0, 0.05) is 17.6 Å². The fraction of sp³-hybridized carbons (Fsp3) is 0.720. The molecule has 3 rings (SSSR count). The first kappa shape index (κ1) is 24.5. The van der Waals surface area contributed by atoms with E-state index < -0.39 is 0 Å². The van der Waals surface area contributed by atoms with E-state index in [2.05, 4.69) is 38.3 Å². The normalized spacial score (nSPS) is 22.9. The second kappa shape index (κ2) is 12.8. The van der Waals surface area contributed by atoms with E-state index in [4.69, 9.17) is 9.47 Å². The number of nitrogens with zero attached hydrogens (tertiary/aromatic N) is 1. The van der Waals surface area contributed by atoms with Gasteiger partial charge in [0.2, 0.25) is 5.91 Å². The molecule has 0 aromatic heterocycles. The van der Waals surface area contributed by atoms with Gasteiger partial charge >= 0.3 is 0 Å². The van der Waals surface area contributed by atoms with Gasteiger partial charge < -0.3 is 19.7 Å². The SMILES string of the molecule is COCC(=O)NC1CCC(CCCN2CCC(Cc3cc(OC)ccc3Br)CC2)CC1. The van der Waals surface area contributed by atoms with Gasteiger partial charge in [-0.15, -0.1) is 0 Å². The fourth-order valence-corrected chi connectivity index (χ4v) is 5.57. The topological polar surface area (TPSA) is 50.8 Å². The van der Waals surface area contributed by atoms with E-state index >= 15 is 0 Å². The van der Waals surface area contributed by atoms with Crippen LogP contribution in [0.3, 0.4) is 0 Å². The van der Waals surface area contributed by atoms with Crippen molar-refractivity contribution in [3.05, 3.63) is 28.2 Å². The zero-order valence-electron chi connectivity index (χ0n) is 19.2. The lowest BCUT2D eigenvalue weighted by atomic mass is 9.83. The lowest BCUT2D eigenvalue weighted by Crippen LogP contribution is -2.39. The van der Waals surface area contributed by atoms with Gasteiger partial charge in [-0.25, -0.2) is 0 Å². The van der Waals surface area contributed by atoms with Crippen LogP contribution in [-0.2, 0) is 16.0 Å². The number of methoxy groups -OCH3 is 2. The molecule has 5 nitrogen and oxygen atoms in total. The van der Waals surface area contributed by atoms with Crippen LogP contribution in [0.1, 0.15) is 56.9 Å². The Hall–Kier alpha value is -1.11. The number of likely N-dealkylation sites (tertiary alicyclic amines) is 1. The van der Waals surface area contributed by atoms with Crippen LogP contribution in [-0.4, -0.2) is 57.3 Å². The van der Waals surface area contributed by atoms with E-state index in [9.17, 15) is 4.79 Å². The van der Waals surface area contributed by atoms with Gasteiger partial charge in [0.1, 0.15) is 12.4 Å². The van der Waals surface area contributed by atoms with Crippen molar-refractivity contribution in [2.75, 3.05) is 40.5 Å². The van der Waals surface area contributed by atoms with Crippen molar-refractivity contribution >= 4 is 21.8 Å². The van der Waals surface area contributed by atoms with Crippen LogP contribution in [0.5, 0.6) is 5.75 Å². The molecule has 1 aromatic rings. The molecule has 6 heteroatoms. The number of rotatable bonds is 10. The number of amides is 1. The van der Waals surface area contributed by atoms with E-state index in [-0.39, 0.29) is 12.5 Å². The number of piperidine rings is 1. The van der Waals surface area contributed by atoms with Crippen molar-refractivity contribution in [2.45, 2.75) is 63.8 Å². The highest BCUT2D eigenvalue weighted by Gasteiger charge is 2.23. The fourth-order valence-electron chi connectivity index (χ4n) is 5.16. The van der Waals surface area contributed by atoms with Crippen molar-refractivity contribution in [1.82, 2.24) is 10.2 Å². The predicted molar refractivity (Wildman–Crippen MR) is 129 cm³/mol. The summed E-state index contributed by atoms with van der Waals surface area (Å²) in [5, 5.41) is 3.10. The quantitative estimate of drug-likeness (QED) is 0.506. The van der Waals surface area contributed by atoms with E-state index in [1.54, 1.807) is 14.2 Å². The Bertz CT molecular complexity index is 683. The number of ether oxygens (including phenoxy) is 2. The molecule has 2 aliphatic rings. The number of hydrogen-bond donors (Lipinski definition) is 1. The van der Waals surface area contributed by atoms with Gasteiger partial charge in [-0.2, -0.15) is 0 Å². The van der Waals surface area contributed by atoms with Gasteiger partial charge in [-0.3, -0.25) is 4.79 Å². The first-order valence-electron chi connectivity index (χ1n) is 11.9. The van der Waals surface area contributed by atoms with Crippen LogP contribution in [0.2, 0.25) is 0 Å². The molecule has 1 heterocycles. The highest BCUT2D eigenvalue weighted by molar-refractivity contribution is 9.10. The number of halogens is 1. The van der Waals surface area contributed by atoms with Crippen LogP contribution in [0.25, 0.3) is 0 Å². The molecule has 0 unspecified atom stereocenters. The summed E-state index contributed by atoms with van der Waals surface area (Å²) in [6, 6.07) is 6.64. The average Bonchev–Trinajstić information content (AvgIpc) is 2.78. The first-order chi connectivity index (χ1) is 15.1. The lowest BCUT2D eigenvalue weighted by molar-refractivity contribution is -0.125. The van der Waals surface area contributed by atoms with Crippen molar-refractivity contribution < 1.29 is 14.3 Å². The molecule has 1 amide bonds. The van der Waals surface area contributed by atoms with Crippen LogP contribution >= 0.6 is 15.9 Å². The van der Waals surface area contributed by atoms with Crippen molar-refractivity contribution in [3.8, 4) is 5.75 Å². The van der Waals surface area contributed by atoms with Gasteiger partial charge in [0.05, 0.1) is 7.11 Å². The Kier molecular flexibility index (Phi) is 10.1. The van der Waals surface area contributed by atoms with Crippen molar-refractivity contribution in [1.29, 1.82) is 0 Å². The standard InChI is InChI=1S/C25H39BrN2O3/c1-30-18-25(29)27-22-7-5-19(6-8-22)4-3-13-28-14-11-20(12-15-28)16-21-17-23(31-2)9-10-24(21)26/h9-10,17,19-20,22H,3-8,11-16,18H2,1-2H3,(H,27,29). The molecule has 1 saturated carbocycles. The maximum absolute atomic E-state index is 11.7. The zero-order valence-corrected chi connectivity index (χ0v) is 20.8. The molecule has 0 radical (unpaired) electrons. The highest BCUT2D eigenvalue weighted by atomic mass is 79.9. The van der Waals surface area contributed by atoms with Crippen LogP contribution < -0.4 is 10.1 Å². The van der Waals surface area contributed by atoms with E-state index in [0.29, 0.717) is 6.04 Å². The molecule has 31 heavy (non-hydrogen) atoms. The van der Waals surface area contributed by atoms with Gasteiger partial charge in [-0.1, -0.05) is 15.9 Å². The predicted octanol–water partition coefficient (Wildman–Crippen LogP) is 4.81. The molecule has 174 valence electrons. The zero-order chi connectivity index (χ0) is 22.1. The minimum Gasteiger partial charge on any atom is -0.497 e. The van der Waals surface area contributed by atoms with Crippen LogP contribution in [0.15, 0.2) is 22.7 Å². The Labute approximate surface area is 196 Å². The summed E-state index contributed by atoms with van der Waals surface area (Å²) in [5.41, 5.74) is 1.37. The summed E-state index contributed by atoms with van der Waals surface area (Å²) >= 11 is 3.70. The first-order valence-corrected chi connectivity index (χ1v) is 12.7. The molecule has 1 aliphatic heterocycles. The molecule has 1 saturated heterocycles. The number of carbonyl (C=O) groups excluding carboxylic acids is 1. The van der Waals surface area contributed by atoms with Crippen molar-refractivity contribution in [2.24, 2.45) is 11.8 Å². The lowest BCUT2D eigenvalue weighted by Gasteiger charge is -2.33. The summed E-state index contributed by atoms with van der Waals surface area (Å²) in [6.45, 7) is 3.86. The van der Waals surface area contributed by atoms with E-state index in [1.165, 1.54) is 68.2 Å². The molecule has 1 N–H and O–H groups in total. The van der Waals surface area contributed by atoms with Gasteiger partial charge in [0.15, 0.2) is 0 Å². The minimum atomic E-state index is 0.0214. The molecule has 0 bridgehead atoms. The average molecular weight is 496 g/mol. The maximum Gasteiger partial charge on any atom is 0.246 e. The third-order valence-electron chi connectivity index (χ3n) is 7.04. The van der Waals surface area contributed by atoms with E-state index in [1.807, 2.05) is 6.07 Å². The highest BCUT2D eigenvalue weighted by Crippen LogP contribution is 2.30.